The molecule has 2 N–H and O–H groups in total. The SMILES string of the molecule is CCO[C@@H]1OC(C(=O)O)=C[C@H](c2cn(C(C)=O)c3ccccc23)[C@H]1CCOCCOCCO. The second-order valence-electron chi connectivity index (χ2n) is 7.69. The van der Waals surface area contributed by atoms with Crippen molar-refractivity contribution in [1.29, 1.82) is 0 Å². The van der Waals surface area contributed by atoms with Gasteiger partial charge in [0.05, 0.1) is 31.9 Å². The number of carboxylic acids is 1. The van der Waals surface area contributed by atoms with Crippen LogP contribution in [0.3, 0.4) is 0 Å². The Morgan fingerprint density at radius 1 is 1.12 bits per heavy atom. The topological polar surface area (TPSA) is 116 Å². The van der Waals surface area contributed by atoms with Crippen molar-refractivity contribution in [3.8, 4) is 0 Å². The molecule has 3 rings (SSSR count). The average Bonchev–Trinajstić information content (AvgIpc) is 3.19. The highest BCUT2D eigenvalue weighted by Crippen LogP contribution is 2.42. The number of allylic oxidation sites excluding steroid dienone is 1. The molecule has 1 aromatic heterocycles. The number of aliphatic hydroxyl groups is 1. The number of carbonyl (C=O) groups excluding carboxylic acids is 1. The van der Waals surface area contributed by atoms with Crippen molar-refractivity contribution < 1.29 is 38.7 Å². The van der Waals surface area contributed by atoms with E-state index in [0.29, 0.717) is 32.8 Å². The summed E-state index contributed by atoms with van der Waals surface area (Å²) < 4.78 is 24.0. The minimum atomic E-state index is -1.17. The van der Waals surface area contributed by atoms with E-state index in [9.17, 15) is 14.7 Å². The van der Waals surface area contributed by atoms with E-state index < -0.39 is 12.3 Å². The summed E-state index contributed by atoms with van der Waals surface area (Å²) in [6.45, 7) is 5.02. The van der Waals surface area contributed by atoms with Crippen LogP contribution in [0.5, 0.6) is 0 Å². The van der Waals surface area contributed by atoms with E-state index in [-0.39, 0.29) is 36.7 Å². The molecule has 33 heavy (non-hydrogen) atoms. The molecule has 0 fully saturated rings. The van der Waals surface area contributed by atoms with Gasteiger partial charge in [-0.05, 0) is 31.1 Å². The summed E-state index contributed by atoms with van der Waals surface area (Å²) in [4.78, 5) is 24.0. The van der Waals surface area contributed by atoms with E-state index >= 15 is 0 Å². The zero-order valence-corrected chi connectivity index (χ0v) is 18.9. The summed E-state index contributed by atoms with van der Waals surface area (Å²) in [5, 5.41) is 19.3. The van der Waals surface area contributed by atoms with E-state index in [1.807, 2.05) is 31.2 Å². The zero-order valence-electron chi connectivity index (χ0n) is 18.9. The normalized spacial score (nSPS) is 20.5. The lowest BCUT2D eigenvalue weighted by atomic mass is 9.81. The van der Waals surface area contributed by atoms with Crippen molar-refractivity contribution in [2.75, 3.05) is 39.6 Å². The van der Waals surface area contributed by atoms with Crippen molar-refractivity contribution in [2.24, 2.45) is 5.92 Å². The number of para-hydroxylation sites is 1. The fourth-order valence-electron chi connectivity index (χ4n) is 4.13. The van der Waals surface area contributed by atoms with Crippen LogP contribution in [0.15, 0.2) is 42.3 Å². The molecular weight excluding hydrogens is 430 g/mol. The molecule has 0 amide bonds. The number of fused-ring (bicyclic) bond motifs is 1. The molecule has 0 saturated carbocycles. The van der Waals surface area contributed by atoms with Gasteiger partial charge in [0.25, 0.3) is 0 Å². The standard InChI is InChI=1S/C24H31NO8/c1-3-32-24-18(8-10-30-12-13-31-11-9-26)19(14-22(33-24)23(28)29)20-15-25(16(2)27)21-7-5-4-6-17(20)21/h4-7,14-15,18-19,24,26H,3,8-13H2,1-2H3,(H,28,29)/t18-,19+,24-/m1/s1. The Morgan fingerprint density at radius 2 is 1.85 bits per heavy atom. The number of nitrogens with zero attached hydrogens (tertiary/aromatic N) is 1. The Labute approximate surface area is 192 Å². The number of hydrogen-bond donors (Lipinski definition) is 2. The minimum absolute atomic E-state index is 0.0385. The highest BCUT2D eigenvalue weighted by molar-refractivity contribution is 5.94. The van der Waals surface area contributed by atoms with Crippen LogP contribution in [-0.2, 0) is 23.7 Å². The Hall–Kier alpha value is -2.72. The Kier molecular flexibility index (Phi) is 9.02. The van der Waals surface area contributed by atoms with Crippen LogP contribution in [0, 0.1) is 5.92 Å². The lowest BCUT2D eigenvalue weighted by Gasteiger charge is -2.36. The van der Waals surface area contributed by atoms with Crippen LogP contribution in [-0.4, -0.2) is 72.6 Å². The van der Waals surface area contributed by atoms with Gasteiger partial charge in [-0.1, -0.05) is 18.2 Å². The number of rotatable bonds is 12. The maximum atomic E-state index is 12.3. The Balaban J connectivity index is 1.92. The van der Waals surface area contributed by atoms with E-state index in [4.69, 9.17) is 24.1 Å². The summed E-state index contributed by atoms with van der Waals surface area (Å²) in [5.74, 6) is -2.07. The highest BCUT2D eigenvalue weighted by Gasteiger charge is 2.39. The van der Waals surface area contributed by atoms with Crippen molar-refractivity contribution >= 4 is 22.8 Å². The first-order valence-electron chi connectivity index (χ1n) is 11.1. The Bertz CT molecular complexity index is 982. The molecule has 180 valence electrons. The van der Waals surface area contributed by atoms with E-state index in [2.05, 4.69) is 0 Å². The van der Waals surface area contributed by atoms with Crippen LogP contribution < -0.4 is 0 Å². The molecule has 0 bridgehead atoms. The number of hydrogen-bond acceptors (Lipinski definition) is 7. The van der Waals surface area contributed by atoms with Gasteiger partial charge in [0.2, 0.25) is 18.0 Å². The number of ether oxygens (including phenoxy) is 4. The predicted molar refractivity (Wildman–Crippen MR) is 120 cm³/mol. The molecule has 2 heterocycles. The number of aromatic nitrogens is 1. The number of benzene rings is 1. The highest BCUT2D eigenvalue weighted by atomic mass is 16.7. The molecule has 0 aliphatic carbocycles. The molecule has 9 heteroatoms. The molecule has 0 saturated heterocycles. The first-order valence-corrected chi connectivity index (χ1v) is 11.1. The predicted octanol–water partition coefficient (Wildman–Crippen LogP) is 2.78. The maximum Gasteiger partial charge on any atom is 0.370 e. The largest absolute Gasteiger partial charge is 0.475 e. The summed E-state index contributed by atoms with van der Waals surface area (Å²) in [7, 11) is 0. The number of aliphatic hydroxyl groups excluding tert-OH is 1. The van der Waals surface area contributed by atoms with Gasteiger partial charge in [-0.2, -0.15) is 0 Å². The van der Waals surface area contributed by atoms with Gasteiger partial charge in [-0.25, -0.2) is 4.79 Å². The quantitative estimate of drug-likeness (QED) is 0.464. The zero-order chi connectivity index (χ0) is 23.8. The Morgan fingerprint density at radius 3 is 2.52 bits per heavy atom. The van der Waals surface area contributed by atoms with Crippen LogP contribution in [0.1, 0.15) is 36.5 Å². The summed E-state index contributed by atoms with van der Waals surface area (Å²) in [6.07, 6.45) is 3.14. The smallest absolute Gasteiger partial charge is 0.370 e. The second-order valence-corrected chi connectivity index (χ2v) is 7.69. The fraction of sp³-hybridized carbons (Fsp3) is 0.500. The third-order valence-corrected chi connectivity index (χ3v) is 5.57. The minimum Gasteiger partial charge on any atom is -0.475 e. The van der Waals surface area contributed by atoms with Gasteiger partial charge in [0.1, 0.15) is 0 Å². The van der Waals surface area contributed by atoms with Crippen molar-refractivity contribution in [1.82, 2.24) is 4.57 Å². The van der Waals surface area contributed by atoms with Crippen LogP contribution in [0.2, 0.25) is 0 Å². The van der Waals surface area contributed by atoms with Gasteiger partial charge in [0.15, 0.2) is 0 Å². The van der Waals surface area contributed by atoms with Gasteiger partial charge < -0.3 is 29.2 Å². The third kappa shape index (κ3) is 6.00. The van der Waals surface area contributed by atoms with Crippen LogP contribution >= 0.6 is 0 Å². The second kappa shape index (κ2) is 11.9. The van der Waals surface area contributed by atoms with Gasteiger partial charge in [0, 0.05) is 43.6 Å². The number of carbonyl (C=O) groups is 2. The van der Waals surface area contributed by atoms with Crippen molar-refractivity contribution in [2.45, 2.75) is 32.5 Å². The lowest BCUT2D eigenvalue weighted by molar-refractivity contribution is -0.174. The molecule has 0 radical (unpaired) electrons. The fourth-order valence-corrected chi connectivity index (χ4v) is 4.13. The first-order chi connectivity index (χ1) is 16.0. The number of carboxylic acid groups (broad SMARTS) is 1. The van der Waals surface area contributed by atoms with Crippen molar-refractivity contribution in [3.63, 3.8) is 0 Å². The van der Waals surface area contributed by atoms with Gasteiger partial charge >= 0.3 is 5.97 Å². The monoisotopic (exact) mass is 461 g/mol. The molecule has 1 aliphatic rings. The van der Waals surface area contributed by atoms with Crippen molar-refractivity contribution in [3.05, 3.63) is 47.9 Å². The first kappa shape index (κ1) is 24.9. The maximum absolute atomic E-state index is 12.3. The van der Waals surface area contributed by atoms with E-state index in [0.717, 1.165) is 16.5 Å². The van der Waals surface area contributed by atoms with Gasteiger partial charge in [-0.3, -0.25) is 9.36 Å². The average molecular weight is 462 g/mol. The summed E-state index contributed by atoms with van der Waals surface area (Å²) in [5.41, 5.74) is 1.60. The van der Waals surface area contributed by atoms with E-state index in [1.165, 1.54) is 6.92 Å². The third-order valence-electron chi connectivity index (χ3n) is 5.57. The molecule has 2 aromatic rings. The molecule has 1 aromatic carbocycles. The molecule has 9 nitrogen and oxygen atoms in total. The van der Waals surface area contributed by atoms with Gasteiger partial charge in [-0.15, -0.1) is 0 Å². The summed E-state index contributed by atoms with van der Waals surface area (Å²) >= 11 is 0. The molecule has 1 aliphatic heterocycles. The van der Waals surface area contributed by atoms with Crippen LogP contribution in [0.4, 0.5) is 0 Å². The van der Waals surface area contributed by atoms with E-state index in [1.54, 1.807) is 16.8 Å². The molecular formula is C24H31NO8. The molecule has 0 unspecified atom stereocenters. The molecule has 0 spiro atoms. The number of aliphatic carboxylic acids is 1. The summed E-state index contributed by atoms with van der Waals surface area (Å²) in [6, 6.07) is 7.55. The molecule has 3 atom stereocenters. The lowest BCUT2D eigenvalue weighted by Crippen LogP contribution is -2.37. The van der Waals surface area contributed by atoms with Crippen LogP contribution in [0.25, 0.3) is 10.9 Å².